The predicted molar refractivity (Wildman–Crippen MR) is 109 cm³/mol. The van der Waals surface area contributed by atoms with Crippen molar-refractivity contribution in [3.05, 3.63) is 65.9 Å². The molecule has 7 nitrogen and oxygen atoms in total. The van der Waals surface area contributed by atoms with E-state index in [1.807, 2.05) is 49.4 Å². The van der Waals surface area contributed by atoms with E-state index in [2.05, 4.69) is 37.3 Å². The van der Waals surface area contributed by atoms with Gasteiger partial charge in [-0.25, -0.2) is 9.97 Å². The number of carbonyl (C=O) groups excluding carboxylic acids is 1. The number of rotatable bonds is 4. The third-order valence-electron chi connectivity index (χ3n) is 4.83. The molecular formula is C21H22N6O. The van der Waals surface area contributed by atoms with E-state index < -0.39 is 0 Å². The number of aryl methyl sites for hydroxylation is 1. The lowest BCUT2D eigenvalue weighted by Crippen LogP contribution is -2.54. The second-order valence-electron chi connectivity index (χ2n) is 6.99. The number of fused-ring (bicyclic) bond motifs is 1. The van der Waals surface area contributed by atoms with Gasteiger partial charge in [0.25, 0.3) is 5.95 Å². The number of nitrogens with two attached hydrogens (primary N) is 1. The molecule has 2 heterocycles. The summed E-state index contributed by atoms with van der Waals surface area (Å²) in [5.74, 6) is 0.0503. The first kappa shape index (κ1) is 18.1. The van der Waals surface area contributed by atoms with E-state index in [0.717, 1.165) is 23.1 Å². The van der Waals surface area contributed by atoms with Crippen molar-refractivity contribution in [1.82, 2.24) is 20.2 Å². The number of hydrogen-bond acceptors (Lipinski definition) is 5. The van der Waals surface area contributed by atoms with E-state index in [-0.39, 0.29) is 23.7 Å². The highest BCUT2D eigenvalue weighted by molar-refractivity contribution is 5.98. The second-order valence-corrected chi connectivity index (χ2v) is 6.99. The van der Waals surface area contributed by atoms with Crippen molar-refractivity contribution in [1.29, 1.82) is 0 Å². The first-order valence-electron chi connectivity index (χ1n) is 9.23. The molecule has 1 aromatic heterocycles. The van der Waals surface area contributed by atoms with Crippen LogP contribution in [0.4, 0.5) is 5.95 Å². The van der Waals surface area contributed by atoms with Gasteiger partial charge < -0.3 is 5.73 Å². The average Bonchev–Trinajstić information content (AvgIpc) is 2.65. The Morgan fingerprint density at radius 2 is 1.86 bits per heavy atom. The first-order chi connectivity index (χ1) is 13.6. The minimum Gasteiger partial charge on any atom is -0.369 e. The molecule has 4 rings (SSSR count). The van der Waals surface area contributed by atoms with Crippen LogP contribution in [0.25, 0.3) is 10.9 Å². The molecule has 142 valence electrons. The second kappa shape index (κ2) is 7.74. The molecule has 28 heavy (non-hydrogen) atoms. The molecule has 1 fully saturated rings. The minimum absolute atomic E-state index is 0.0150. The van der Waals surface area contributed by atoms with Crippen LogP contribution in [-0.2, 0) is 11.3 Å². The van der Waals surface area contributed by atoms with E-state index in [1.54, 1.807) is 0 Å². The molecule has 1 saturated heterocycles. The standard InChI is InChI=1S/C21H22N6O/c1-14-17-9-5-6-10-18(17)24-21(23-14)26-20(22)25-19(28)16-12-27(13-16)11-15-7-3-2-4-8-15/h2-10,16H,11-13H2,1H3,(H3,22,23,24,25,26,28). The SMILES string of the molecule is Cc1nc(N=C(N)NC(=O)C2CN(Cc3ccccc3)C2)nc2ccccc12. The highest BCUT2D eigenvalue weighted by Crippen LogP contribution is 2.19. The van der Waals surface area contributed by atoms with Gasteiger partial charge in [-0.3, -0.25) is 15.0 Å². The van der Waals surface area contributed by atoms with Crippen LogP contribution in [0.2, 0.25) is 0 Å². The minimum atomic E-state index is -0.122. The molecule has 1 aliphatic rings. The zero-order valence-corrected chi connectivity index (χ0v) is 15.7. The van der Waals surface area contributed by atoms with Crippen LogP contribution in [0.3, 0.4) is 0 Å². The first-order valence-corrected chi connectivity index (χ1v) is 9.23. The van der Waals surface area contributed by atoms with Gasteiger partial charge in [0.2, 0.25) is 11.9 Å². The van der Waals surface area contributed by atoms with Crippen molar-refractivity contribution >= 4 is 28.7 Å². The highest BCUT2D eigenvalue weighted by atomic mass is 16.2. The molecular weight excluding hydrogens is 352 g/mol. The molecule has 2 aromatic carbocycles. The topological polar surface area (TPSA) is 96.5 Å². The van der Waals surface area contributed by atoms with Gasteiger partial charge in [-0.05, 0) is 18.6 Å². The Labute approximate surface area is 163 Å². The molecule has 0 bridgehead atoms. The molecule has 1 amide bonds. The van der Waals surface area contributed by atoms with Crippen LogP contribution < -0.4 is 11.1 Å². The number of aromatic nitrogens is 2. The zero-order chi connectivity index (χ0) is 19.5. The van der Waals surface area contributed by atoms with Gasteiger partial charge in [-0.15, -0.1) is 0 Å². The molecule has 3 aromatic rings. The number of aliphatic imine (C=N–C) groups is 1. The maximum absolute atomic E-state index is 12.4. The Hall–Kier alpha value is -3.32. The summed E-state index contributed by atoms with van der Waals surface area (Å²) in [5, 5.41) is 3.63. The fraction of sp³-hybridized carbons (Fsp3) is 0.238. The number of para-hydroxylation sites is 1. The molecule has 0 radical (unpaired) electrons. The Bertz CT molecular complexity index is 1030. The molecule has 0 atom stereocenters. The largest absolute Gasteiger partial charge is 0.369 e. The lowest BCUT2D eigenvalue weighted by atomic mass is 9.98. The van der Waals surface area contributed by atoms with Crippen LogP contribution in [0.15, 0.2) is 59.6 Å². The summed E-state index contributed by atoms with van der Waals surface area (Å²) in [4.78, 5) is 27.5. The predicted octanol–water partition coefficient (Wildman–Crippen LogP) is 2.13. The molecule has 7 heteroatoms. The van der Waals surface area contributed by atoms with Gasteiger partial charge in [0.1, 0.15) is 0 Å². The lowest BCUT2D eigenvalue weighted by molar-refractivity contribution is -0.128. The van der Waals surface area contributed by atoms with E-state index in [0.29, 0.717) is 13.1 Å². The van der Waals surface area contributed by atoms with Gasteiger partial charge in [-0.1, -0.05) is 48.5 Å². The molecule has 0 saturated carbocycles. The molecule has 0 aliphatic carbocycles. The quantitative estimate of drug-likeness (QED) is 0.539. The van der Waals surface area contributed by atoms with Crippen molar-refractivity contribution < 1.29 is 4.79 Å². The Morgan fingerprint density at radius 3 is 2.64 bits per heavy atom. The summed E-state index contributed by atoms with van der Waals surface area (Å²) in [7, 11) is 0. The van der Waals surface area contributed by atoms with Crippen LogP contribution in [-0.4, -0.2) is 39.8 Å². The summed E-state index contributed by atoms with van der Waals surface area (Å²) in [6, 6.07) is 17.9. The summed E-state index contributed by atoms with van der Waals surface area (Å²) in [6.45, 7) is 4.16. The van der Waals surface area contributed by atoms with Crippen molar-refractivity contribution in [3.63, 3.8) is 0 Å². The fourth-order valence-corrected chi connectivity index (χ4v) is 3.34. The van der Waals surface area contributed by atoms with Gasteiger partial charge in [0.05, 0.1) is 17.1 Å². The summed E-state index contributed by atoms with van der Waals surface area (Å²) in [6.07, 6.45) is 0. The monoisotopic (exact) mass is 374 g/mol. The van der Waals surface area contributed by atoms with Crippen molar-refractivity contribution in [2.45, 2.75) is 13.5 Å². The van der Waals surface area contributed by atoms with Gasteiger partial charge >= 0.3 is 0 Å². The van der Waals surface area contributed by atoms with E-state index >= 15 is 0 Å². The molecule has 3 N–H and O–H groups in total. The highest BCUT2D eigenvalue weighted by Gasteiger charge is 2.32. The number of likely N-dealkylation sites (tertiary alicyclic amines) is 1. The Morgan fingerprint density at radius 1 is 1.14 bits per heavy atom. The van der Waals surface area contributed by atoms with Crippen molar-refractivity contribution in [2.24, 2.45) is 16.6 Å². The number of hydrogen-bond donors (Lipinski definition) is 2. The van der Waals surface area contributed by atoms with Crippen molar-refractivity contribution in [3.8, 4) is 0 Å². The number of nitrogens with zero attached hydrogens (tertiary/aromatic N) is 4. The van der Waals surface area contributed by atoms with Crippen LogP contribution in [0.5, 0.6) is 0 Å². The number of benzene rings is 2. The van der Waals surface area contributed by atoms with E-state index in [9.17, 15) is 4.79 Å². The Balaban J connectivity index is 1.35. The van der Waals surface area contributed by atoms with Gasteiger partial charge in [0.15, 0.2) is 0 Å². The van der Waals surface area contributed by atoms with Crippen LogP contribution in [0.1, 0.15) is 11.3 Å². The van der Waals surface area contributed by atoms with Gasteiger partial charge in [-0.2, -0.15) is 4.99 Å². The normalized spacial score (nSPS) is 15.4. The maximum atomic E-state index is 12.4. The number of guanidine groups is 1. The van der Waals surface area contributed by atoms with Gasteiger partial charge in [0, 0.05) is 25.0 Å². The third kappa shape index (κ3) is 3.99. The molecule has 0 spiro atoms. The number of amides is 1. The summed E-state index contributed by atoms with van der Waals surface area (Å²) < 4.78 is 0. The number of carbonyl (C=O) groups is 1. The zero-order valence-electron chi connectivity index (χ0n) is 15.7. The summed E-state index contributed by atoms with van der Waals surface area (Å²) >= 11 is 0. The lowest BCUT2D eigenvalue weighted by Gasteiger charge is -2.38. The van der Waals surface area contributed by atoms with Crippen molar-refractivity contribution in [2.75, 3.05) is 13.1 Å². The average molecular weight is 374 g/mol. The molecule has 0 unspecified atom stereocenters. The third-order valence-corrected chi connectivity index (χ3v) is 4.83. The maximum Gasteiger partial charge on any atom is 0.253 e. The van der Waals surface area contributed by atoms with E-state index in [1.165, 1.54) is 5.56 Å². The molecule has 1 aliphatic heterocycles. The van der Waals surface area contributed by atoms with Crippen LogP contribution >= 0.6 is 0 Å². The fourth-order valence-electron chi connectivity index (χ4n) is 3.34. The number of nitrogens with one attached hydrogen (secondary N) is 1. The Kier molecular flexibility index (Phi) is 4.99. The smallest absolute Gasteiger partial charge is 0.253 e. The van der Waals surface area contributed by atoms with Crippen LogP contribution in [0, 0.1) is 12.8 Å². The van der Waals surface area contributed by atoms with E-state index in [4.69, 9.17) is 5.73 Å². The summed E-state index contributed by atoms with van der Waals surface area (Å²) in [5.41, 5.74) is 8.76.